The molecule has 34 heavy (non-hydrogen) atoms. The normalized spacial score (nSPS) is 12.6. The summed E-state index contributed by atoms with van der Waals surface area (Å²) >= 11 is 0. The van der Waals surface area contributed by atoms with Gasteiger partial charge >= 0.3 is 6.18 Å². The van der Waals surface area contributed by atoms with Gasteiger partial charge in [0.2, 0.25) is 5.91 Å². The number of carbonyl (C=O) groups is 1. The molecule has 3 aromatic rings. The standard InChI is InChI=1S/C23H25F4N5O2/c1-32(2)7-8-34-21-10-17(15-12-29-30-13-15)18(24)11-20(21)31-22(33)19(28)9-14-3-5-16(6-4-14)23(25,26)27/h3-6,10-13,19H,7-9,28H2,1-2H3,(H,29,30)(H,31,33)/t19-/m0/s1. The number of carbonyl (C=O) groups excluding carboxylic acids is 1. The number of ether oxygens (including phenoxy) is 1. The van der Waals surface area contributed by atoms with E-state index in [0.717, 1.165) is 18.2 Å². The Hall–Kier alpha value is -3.44. The molecular formula is C23H25F4N5O2. The molecule has 1 atom stereocenters. The molecule has 0 aliphatic carbocycles. The Morgan fingerprint density at radius 1 is 1.24 bits per heavy atom. The Balaban J connectivity index is 1.76. The second-order valence-electron chi connectivity index (χ2n) is 7.96. The molecule has 0 spiro atoms. The fraction of sp³-hybridized carbons (Fsp3) is 0.304. The van der Waals surface area contributed by atoms with Crippen molar-refractivity contribution in [1.82, 2.24) is 15.1 Å². The first-order valence-electron chi connectivity index (χ1n) is 10.4. The molecule has 0 saturated heterocycles. The Bertz CT molecular complexity index is 1100. The molecule has 7 nitrogen and oxygen atoms in total. The van der Waals surface area contributed by atoms with Crippen LogP contribution in [-0.4, -0.2) is 54.3 Å². The third-order valence-corrected chi connectivity index (χ3v) is 5.01. The lowest BCUT2D eigenvalue weighted by molar-refractivity contribution is -0.137. The Morgan fingerprint density at radius 2 is 1.94 bits per heavy atom. The van der Waals surface area contributed by atoms with Crippen molar-refractivity contribution in [2.45, 2.75) is 18.6 Å². The number of hydrogen-bond acceptors (Lipinski definition) is 5. The Kier molecular flexibility index (Phi) is 7.90. The molecule has 0 radical (unpaired) electrons. The van der Waals surface area contributed by atoms with Gasteiger partial charge in [0.1, 0.15) is 18.2 Å². The van der Waals surface area contributed by atoms with Gasteiger partial charge in [-0.05, 0) is 44.3 Å². The van der Waals surface area contributed by atoms with E-state index in [1.165, 1.54) is 30.6 Å². The van der Waals surface area contributed by atoms with Crippen LogP contribution >= 0.6 is 0 Å². The monoisotopic (exact) mass is 479 g/mol. The van der Waals surface area contributed by atoms with Crippen LogP contribution in [0.25, 0.3) is 11.1 Å². The van der Waals surface area contributed by atoms with Crippen molar-refractivity contribution in [3.05, 3.63) is 65.7 Å². The largest absolute Gasteiger partial charge is 0.490 e. The van der Waals surface area contributed by atoms with Crippen LogP contribution in [0.1, 0.15) is 11.1 Å². The zero-order valence-corrected chi connectivity index (χ0v) is 18.6. The van der Waals surface area contributed by atoms with Gasteiger partial charge in [0.05, 0.1) is 23.5 Å². The number of nitrogens with zero attached hydrogens (tertiary/aromatic N) is 2. The number of aromatic nitrogens is 2. The summed E-state index contributed by atoms with van der Waals surface area (Å²) in [5.41, 5.74) is 6.47. The summed E-state index contributed by atoms with van der Waals surface area (Å²) < 4.78 is 58.8. The van der Waals surface area contributed by atoms with E-state index in [4.69, 9.17) is 10.5 Å². The molecule has 11 heteroatoms. The lowest BCUT2D eigenvalue weighted by atomic mass is 10.0. The van der Waals surface area contributed by atoms with Crippen LogP contribution in [0.2, 0.25) is 0 Å². The first kappa shape index (κ1) is 25.2. The number of aromatic amines is 1. The number of nitrogens with one attached hydrogen (secondary N) is 2. The van der Waals surface area contributed by atoms with Crippen molar-refractivity contribution >= 4 is 11.6 Å². The quantitative estimate of drug-likeness (QED) is 0.407. The number of nitrogens with two attached hydrogens (primary N) is 1. The molecule has 3 rings (SSSR count). The minimum Gasteiger partial charge on any atom is -0.490 e. The minimum absolute atomic E-state index is 0.00360. The zero-order chi connectivity index (χ0) is 24.9. The minimum atomic E-state index is -4.45. The van der Waals surface area contributed by atoms with E-state index < -0.39 is 29.5 Å². The van der Waals surface area contributed by atoms with Crippen molar-refractivity contribution in [2.24, 2.45) is 5.73 Å². The van der Waals surface area contributed by atoms with Gasteiger partial charge in [-0.1, -0.05) is 12.1 Å². The summed E-state index contributed by atoms with van der Waals surface area (Å²) in [6, 6.07) is 5.92. The number of alkyl halides is 3. The van der Waals surface area contributed by atoms with Gasteiger partial charge in [-0.15, -0.1) is 0 Å². The predicted molar refractivity (Wildman–Crippen MR) is 120 cm³/mol. The topological polar surface area (TPSA) is 96.3 Å². The summed E-state index contributed by atoms with van der Waals surface area (Å²) in [4.78, 5) is 14.6. The fourth-order valence-corrected chi connectivity index (χ4v) is 3.13. The van der Waals surface area contributed by atoms with Crippen LogP contribution in [0, 0.1) is 5.82 Å². The highest BCUT2D eigenvalue weighted by Crippen LogP contribution is 2.34. The van der Waals surface area contributed by atoms with Crippen LogP contribution < -0.4 is 15.8 Å². The van der Waals surface area contributed by atoms with Gasteiger partial charge in [0.25, 0.3) is 0 Å². The maximum Gasteiger partial charge on any atom is 0.416 e. The van der Waals surface area contributed by atoms with Gasteiger partial charge in [0, 0.05) is 29.9 Å². The van der Waals surface area contributed by atoms with Crippen molar-refractivity contribution < 1.29 is 27.1 Å². The molecule has 0 fully saturated rings. The number of amides is 1. The molecule has 1 aromatic heterocycles. The molecule has 1 heterocycles. The van der Waals surface area contributed by atoms with E-state index in [-0.39, 0.29) is 30.0 Å². The smallest absolute Gasteiger partial charge is 0.416 e. The average Bonchev–Trinajstić information content (AvgIpc) is 3.29. The second-order valence-corrected chi connectivity index (χ2v) is 7.96. The number of benzene rings is 2. The third-order valence-electron chi connectivity index (χ3n) is 5.01. The number of halogens is 4. The van der Waals surface area contributed by atoms with E-state index in [1.54, 1.807) is 0 Å². The number of H-pyrrole nitrogens is 1. The summed E-state index contributed by atoms with van der Waals surface area (Å²) in [7, 11) is 3.74. The van der Waals surface area contributed by atoms with Crippen LogP contribution in [-0.2, 0) is 17.4 Å². The van der Waals surface area contributed by atoms with Crippen molar-refractivity contribution in [3.8, 4) is 16.9 Å². The number of likely N-dealkylation sites (N-methyl/N-ethyl adjacent to an activating group) is 1. The summed E-state index contributed by atoms with van der Waals surface area (Å²) in [5.74, 6) is -0.990. The lowest BCUT2D eigenvalue weighted by Crippen LogP contribution is -2.37. The first-order valence-corrected chi connectivity index (χ1v) is 10.4. The number of anilines is 1. The van der Waals surface area contributed by atoms with Gasteiger partial charge in [-0.25, -0.2) is 4.39 Å². The molecule has 0 unspecified atom stereocenters. The first-order chi connectivity index (χ1) is 16.0. The Labute approximate surface area is 193 Å². The van der Waals surface area contributed by atoms with E-state index in [9.17, 15) is 22.4 Å². The second kappa shape index (κ2) is 10.7. The predicted octanol–water partition coefficient (Wildman–Crippen LogP) is 3.68. The molecule has 4 N–H and O–H groups in total. The molecule has 2 aromatic carbocycles. The average molecular weight is 479 g/mol. The van der Waals surface area contributed by atoms with Gasteiger partial charge in [-0.2, -0.15) is 18.3 Å². The molecule has 182 valence electrons. The van der Waals surface area contributed by atoms with E-state index in [2.05, 4.69) is 15.5 Å². The van der Waals surface area contributed by atoms with E-state index >= 15 is 0 Å². The van der Waals surface area contributed by atoms with Crippen LogP contribution in [0.3, 0.4) is 0 Å². The molecule has 0 aliphatic heterocycles. The summed E-state index contributed by atoms with van der Waals surface area (Å²) in [5, 5.41) is 9.01. The van der Waals surface area contributed by atoms with Crippen LogP contribution in [0.15, 0.2) is 48.8 Å². The highest BCUT2D eigenvalue weighted by Gasteiger charge is 2.30. The van der Waals surface area contributed by atoms with E-state index in [1.807, 2.05) is 19.0 Å². The van der Waals surface area contributed by atoms with Gasteiger partial charge in [-0.3, -0.25) is 9.89 Å². The molecule has 1 amide bonds. The van der Waals surface area contributed by atoms with Gasteiger partial charge in [0.15, 0.2) is 0 Å². The molecule has 0 bridgehead atoms. The SMILES string of the molecule is CN(C)CCOc1cc(-c2cn[nH]c2)c(F)cc1NC(=O)[C@@H](N)Cc1ccc(C(F)(F)F)cc1. The molecule has 0 aliphatic rings. The van der Waals surface area contributed by atoms with E-state index in [0.29, 0.717) is 17.7 Å². The summed E-state index contributed by atoms with van der Waals surface area (Å²) in [6.07, 6.45) is -1.47. The zero-order valence-electron chi connectivity index (χ0n) is 18.6. The highest BCUT2D eigenvalue weighted by atomic mass is 19.4. The van der Waals surface area contributed by atoms with Gasteiger partial charge < -0.3 is 20.7 Å². The Morgan fingerprint density at radius 3 is 2.53 bits per heavy atom. The van der Waals surface area contributed by atoms with Crippen molar-refractivity contribution in [3.63, 3.8) is 0 Å². The third kappa shape index (κ3) is 6.55. The number of hydrogen-bond donors (Lipinski definition) is 3. The lowest BCUT2D eigenvalue weighted by Gasteiger charge is -2.18. The van der Waals surface area contributed by atoms with Crippen molar-refractivity contribution in [1.29, 1.82) is 0 Å². The maximum atomic E-state index is 14.8. The molecular weight excluding hydrogens is 454 g/mol. The summed E-state index contributed by atoms with van der Waals surface area (Å²) in [6.45, 7) is 0.864. The van der Waals surface area contributed by atoms with Crippen molar-refractivity contribution in [2.75, 3.05) is 32.6 Å². The van der Waals surface area contributed by atoms with Crippen LogP contribution in [0.4, 0.5) is 23.2 Å². The molecule has 0 saturated carbocycles. The van der Waals surface area contributed by atoms with Crippen LogP contribution in [0.5, 0.6) is 5.75 Å². The fourth-order valence-electron chi connectivity index (χ4n) is 3.13. The maximum absolute atomic E-state index is 14.8. The number of rotatable bonds is 9. The highest BCUT2D eigenvalue weighted by molar-refractivity contribution is 5.96.